The van der Waals surface area contributed by atoms with Crippen molar-refractivity contribution in [3.05, 3.63) is 76.9 Å². The molecule has 6 nitrogen and oxygen atoms in total. The number of carbonyl (C=O) groups excluding carboxylic acids is 1. The number of nitrogens with one attached hydrogen (secondary N) is 2. The Hall–Kier alpha value is -3.12. The van der Waals surface area contributed by atoms with Crippen molar-refractivity contribution in [3.8, 4) is 0 Å². The number of para-hydroxylation sites is 1. The van der Waals surface area contributed by atoms with Crippen molar-refractivity contribution >= 4 is 35.0 Å². The van der Waals surface area contributed by atoms with Crippen LogP contribution in [0.5, 0.6) is 0 Å². The number of anilines is 3. The van der Waals surface area contributed by atoms with Crippen LogP contribution in [0.1, 0.15) is 22.8 Å². The lowest BCUT2D eigenvalue weighted by atomic mass is 10.2. The Morgan fingerprint density at radius 3 is 2.70 bits per heavy atom. The van der Waals surface area contributed by atoms with Gasteiger partial charge in [0, 0.05) is 17.8 Å². The summed E-state index contributed by atoms with van der Waals surface area (Å²) in [6.07, 6.45) is 1.64. The Labute approximate surface area is 162 Å². The van der Waals surface area contributed by atoms with Gasteiger partial charge in [-0.2, -0.15) is 4.98 Å². The van der Waals surface area contributed by atoms with Crippen LogP contribution in [0.15, 0.2) is 60.8 Å². The van der Waals surface area contributed by atoms with Crippen LogP contribution in [0.3, 0.4) is 0 Å². The van der Waals surface area contributed by atoms with Gasteiger partial charge in [-0.25, -0.2) is 9.78 Å². The number of hydrogen-bond acceptors (Lipinski definition) is 6. The van der Waals surface area contributed by atoms with E-state index in [-0.39, 0.29) is 0 Å². The van der Waals surface area contributed by atoms with Gasteiger partial charge in [-0.1, -0.05) is 41.9 Å². The van der Waals surface area contributed by atoms with Crippen molar-refractivity contribution in [2.24, 2.45) is 0 Å². The maximum atomic E-state index is 12.1. The zero-order chi connectivity index (χ0) is 19.1. The molecule has 0 amide bonds. The zero-order valence-corrected chi connectivity index (χ0v) is 15.5. The first kappa shape index (κ1) is 18.7. The highest BCUT2D eigenvalue weighted by Gasteiger charge is 2.13. The van der Waals surface area contributed by atoms with E-state index in [2.05, 4.69) is 20.6 Å². The minimum Gasteiger partial charge on any atom is -0.462 e. The molecular formula is C20H19ClN4O2. The van der Waals surface area contributed by atoms with Crippen LogP contribution in [0, 0.1) is 0 Å². The quantitative estimate of drug-likeness (QED) is 0.578. The molecule has 0 atom stereocenters. The number of nitrogens with zero attached hydrogens (tertiary/aromatic N) is 2. The summed E-state index contributed by atoms with van der Waals surface area (Å²) < 4.78 is 5.08. The molecule has 0 fully saturated rings. The number of esters is 1. The van der Waals surface area contributed by atoms with E-state index in [0.29, 0.717) is 41.2 Å². The molecule has 0 radical (unpaired) electrons. The van der Waals surface area contributed by atoms with Crippen LogP contribution in [-0.2, 0) is 11.3 Å². The second kappa shape index (κ2) is 9.00. The minimum atomic E-state index is -0.395. The molecule has 27 heavy (non-hydrogen) atoms. The Balaban J connectivity index is 1.73. The SMILES string of the molecule is CCOC(=O)c1ccccc1Nc1nccc(NCc2ccccc2Cl)n1. The molecule has 0 saturated carbocycles. The van der Waals surface area contributed by atoms with E-state index in [1.54, 1.807) is 37.4 Å². The van der Waals surface area contributed by atoms with Crippen molar-refractivity contribution in [2.75, 3.05) is 17.2 Å². The van der Waals surface area contributed by atoms with Crippen molar-refractivity contribution in [1.82, 2.24) is 9.97 Å². The van der Waals surface area contributed by atoms with Crippen LogP contribution < -0.4 is 10.6 Å². The Kier molecular flexibility index (Phi) is 6.22. The number of aromatic nitrogens is 2. The fourth-order valence-corrected chi connectivity index (χ4v) is 2.65. The van der Waals surface area contributed by atoms with Crippen molar-refractivity contribution in [3.63, 3.8) is 0 Å². The molecular weight excluding hydrogens is 364 g/mol. The number of ether oxygens (including phenoxy) is 1. The van der Waals surface area contributed by atoms with E-state index in [4.69, 9.17) is 16.3 Å². The molecule has 1 heterocycles. The molecule has 2 N–H and O–H groups in total. The first-order valence-corrected chi connectivity index (χ1v) is 8.88. The predicted molar refractivity (Wildman–Crippen MR) is 106 cm³/mol. The highest BCUT2D eigenvalue weighted by atomic mass is 35.5. The summed E-state index contributed by atoms with van der Waals surface area (Å²) in [5.41, 5.74) is 1.98. The summed E-state index contributed by atoms with van der Waals surface area (Å²) >= 11 is 6.17. The van der Waals surface area contributed by atoms with E-state index >= 15 is 0 Å². The molecule has 7 heteroatoms. The van der Waals surface area contributed by atoms with Crippen LogP contribution in [0.4, 0.5) is 17.5 Å². The molecule has 1 aromatic heterocycles. The topological polar surface area (TPSA) is 76.1 Å². The van der Waals surface area contributed by atoms with Crippen LogP contribution in [0.2, 0.25) is 5.02 Å². The zero-order valence-electron chi connectivity index (χ0n) is 14.8. The standard InChI is InChI=1S/C20H19ClN4O2/c1-2-27-19(26)15-8-4-6-10-17(15)24-20-22-12-11-18(25-20)23-13-14-7-3-5-9-16(14)21/h3-12H,2,13H2,1H3,(H2,22,23,24,25). The average Bonchev–Trinajstić information content (AvgIpc) is 2.68. The van der Waals surface area contributed by atoms with Crippen molar-refractivity contribution < 1.29 is 9.53 Å². The summed E-state index contributed by atoms with van der Waals surface area (Å²) in [6, 6.07) is 16.5. The maximum Gasteiger partial charge on any atom is 0.340 e. The summed E-state index contributed by atoms with van der Waals surface area (Å²) in [6.45, 7) is 2.62. The van der Waals surface area contributed by atoms with Gasteiger partial charge in [-0.3, -0.25) is 0 Å². The van der Waals surface area contributed by atoms with Crippen LogP contribution in [-0.4, -0.2) is 22.5 Å². The molecule has 3 rings (SSSR count). The molecule has 0 spiro atoms. The lowest BCUT2D eigenvalue weighted by molar-refractivity contribution is 0.0527. The van der Waals surface area contributed by atoms with Gasteiger partial charge in [-0.05, 0) is 36.8 Å². The van der Waals surface area contributed by atoms with Gasteiger partial charge < -0.3 is 15.4 Å². The van der Waals surface area contributed by atoms with Gasteiger partial charge in [0.15, 0.2) is 0 Å². The van der Waals surface area contributed by atoms with Gasteiger partial charge in [-0.15, -0.1) is 0 Å². The number of halogens is 1. The molecule has 0 unspecified atom stereocenters. The van der Waals surface area contributed by atoms with Crippen LogP contribution >= 0.6 is 11.6 Å². The maximum absolute atomic E-state index is 12.1. The second-order valence-corrected chi connectivity index (χ2v) is 6.01. The highest BCUT2D eigenvalue weighted by Crippen LogP contribution is 2.21. The van der Waals surface area contributed by atoms with E-state index in [0.717, 1.165) is 5.56 Å². The largest absolute Gasteiger partial charge is 0.462 e. The number of hydrogen-bond donors (Lipinski definition) is 2. The number of carbonyl (C=O) groups is 1. The van der Waals surface area contributed by atoms with Gasteiger partial charge in [0.2, 0.25) is 5.95 Å². The van der Waals surface area contributed by atoms with Gasteiger partial charge >= 0.3 is 5.97 Å². The smallest absolute Gasteiger partial charge is 0.340 e. The molecule has 2 aromatic carbocycles. The first-order chi connectivity index (χ1) is 13.2. The molecule has 0 aliphatic rings. The van der Waals surface area contributed by atoms with Crippen molar-refractivity contribution in [1.29, 1.82) is 0 Å². The Morgan fingerprint density at radius 2 is 1.89 bits per heavy atom. The van der Waals surface area contributed by atoms with Gasteiger partial charge in [0.1, 0.15) is 5.82 Å². The van der Waals surface area contributed by atoms with Gasteiger partial charge in [0.25, 0.3) is 0 Å². The normalized spacial score (nSPS) is 10.3. The predicted octanol–water partition coefficient (Wildman–Crippen LogP) is 4.66. The van der Waals surface area contributed by atoms with Crippen molar-refractivity contribution in [2.45, 2.75) is 13.5 Å². The molecule has 0 aliphatic heterocycles. The number of rotatable bonds is 7. The summed E-state index contributed by atoms with van der Waals surface area (Å²) in [4.78, 5) is 20.7. The first-order valence-electron chi connectivity index (χ1n) is 8.51. The molecule has 0 aliphatic carbocycles. The minimum absolute atomic E-state index is 0.311. The fraction of sp³-hybridized carbons (Fsp3) is 0.150. The average molecular weight is 383 g/mol. The lowest BCUT2D eigenvalue weighted by Gasteiger charge is -2.11. The number of benzene rings is 2. The van der Waals surface area contributed by atoms with E-state index in [1.807, 2.05) is 30.3 Å². The summed E-state index contributed by atoms with van der Waals surface area (Å²) in [5, 5.41) is 6.99. The molecule has 3 aromatic rings. The third-order valence-corrected chi connectivity index (χ3v) is 4.11. The van der Waals surface area contributed by atoms with E-state index < -0.39 is 5.97 Å². The van der Waals surface area contributed by atoms with E-state index in [9.17, 15) is 4.79 Å². The summed E-state index contributed by atoms with van der Waals surface area (Å²) in [7, 11) is 0. The fourth-order valence-electron chi connectivity index (χ4n) is 2.44. The molecule has 0 bridgehead atoms. The van der Waals surface area contributed by atoms with Gasteiger partial charge in [0.05, 0.1) is 17.9 Å². The monoisotopic (exact) mass is 382 g/mol. The lowest BCUT2D eigenvalue weighted by Crippen LogP contribution is -2.09. The Bertz CT molecular complexity index is 933. The Morgan fingerprint density at radius 1 is 1.11 bits per heavy atom. The third kappa shape index (κ3) is 4.95. The molecule has 0 saturated heterocycles. The third-order valence-electron chi connectivity index (χ3n) is 3.74. The highest BCUT2D eigenvalue weighted by molar-refractivity contribution is 6.31. The second-order valence-electron chi connectivity index (χ2n) is 5.60. The van der Waals surface area contributed by atoms with E-state index in [1.165, 1.54) is 0 Å². The van der Waals surface area contributed by atoms with Crippen LogP contribution in [0.25, 0.3) is 0 Å². The summed E-state index contributed by atoms with van der Waals surface area (Å²) in [5.74, 6) is 0.616. The molecule has 138 valence electrons.